The van der Waals surface area contributed by atoms with E-state index in [9.17, 15) is 4.79 Å². The van der Waals surface area contributed by atoms with Crippen LogP contribution in [-0.2, 0) is 11.3 Å². The van der Waals surface area contributed by atoms with E-state index in [2.05, 4.69) is 15.5 Å². The minimum absolute atomic E-state index is 0.0836. The first-order valence-electron chi connectivity index (χ1n) is 8.53. The fourth-order valence-electron chi connectivity index (χ4n) is 2.64. The zero-order valence-electron chi connectivity index (χ0n) is 15.0. The lowest BCUT2D eigenvalue weighted by Gasteiger charge is -2.12. The van der Waals surface area contributed by atoms with Gasteiger partial charge in [0.1, 0.15) is 0 Å². The molecule has 3 aromatic rings. The van der Waals surface area contributed by atoms with Crippen molar-refractivity contribution >= 4 is 23.1 Å². The molecule has 0 unspecified atom stereocenters. The number of rotatable bonds is 7. The largest absolute Gasteiger partial charge is 0.385 e. The summed E-state index contributed by atoms with van der Waals surface area (Å²) in [5.41, 5.74) is 5.64. The Bertz CT molecular complexity index is 962. The van der Waals surface area contributed by atoms with Crippen LogP contribution in [0.4, 0.5) is 5.95 Å². The summed E-state index contributed by atoms with van der Waals surface area (Å²) in [5.74, 6) is 0.424. The summed E-state index contributed by atoms with van der Waals surface area (Å²) in [4.78, 5) is 17.4. The Morgan fingerprint density at radius 1 is 1.19 bits per heavy atom. The van der Waals surface area contributed by atoms with Gasteiger partial charge in [-0.15, -0.1) is 0 Å². The number of anilines is 1. The van der Waals surface area contributed by atoms with Crippen molar-refractivity contribution in [3.05, 3.63) is 70.0 Å². The van der Waals surface area contributed by atoms with Gasteiger partial charge in [-0.25, -0.2) is 10.4 Å². The SMILES string of the molecule is COCCCn1c(N/N=C\c2ccc(C)cc2)nc2ccccc2c1=O. The molecule has 0 radical (unpaired) electrons. The van der Waals surface area contributed by atoms with Gasteiger partial charge in [0.2, 0.25) is 5.95 Å². The van der Waals surface area contributed by atoms with Gasteiger partial charge in [-0.3, -0.25) is 9.36 Å². The summed E-state index contributed by atoms with van der Waals surface area (Å²) in [6.07, 6.45) is 2.42. The lowest BCUT2D eigenvalue weighted by Crippen LogP contribution is -2.24. The predicted octanol–water partition coefficient (Wildman–Crippen LogP) is 3.19. The van der Waals surface area contributed by atoms with E-state index in [1.165, 1.54) is 5.56 Å². The molecule has 2 aromatic carbocycles. The van der Waals surface area contributed by atoms with Crippen molar-refractivity contribution in [3.8, 4) is 0 Å². The third kappa shape index (κ3) is 4.15. The standard InChI is InChI=1S/C20H22N4O2/c1-15-8-10-16(11-9-15)14-21-23-20-22-18-7-4-3-6-17(18)19(25)24(20)12-5-13-26-2/h3-4,6-11,14H,5,12-13H2,1-2H3,(H,22,23)/b21-14-. The Morgan fingerprint density at radius 3 is 2.73 bits per heavy atom. The Morgan fingerprint density at radius 2 is 1.96 bits per heavy atom. The molecule has 0 fully saturated rings. The monoisotopic (exact) mass is 350 g/mol. The topological polar surface area (TPSA) is 68.5 Å². The number of aryl methyl sites for hydroxylation is 1. The summed E-state index contributed by atoms with van der Waals surface area (Å²) in [7, 11) is 1.65. The van der Waals surface area contributed by atoms with E-state index in [0.717, 1.165) is 5.56 Å². The first-order chi connectivity index (χ1) is 12.7. The van der Waals surface area contributed by atoms with Crippen LogP contribution in [0.25, 0.3) is 10.9 Å². The van der Waals surface area contributed by atoms with Crippen LogP contribution in [0.15, 0.2) is 58.4 Å². The van der Waals surface area contributed by atoms with Crippen LogP contribution in [0, 0.1) is 6.92 Å². The van der Waals surface area contributed by atoms with E-state index in [1.807, 2.05) is 49.4 Å². The number of aromatic nitrogens is 2. The van der Waals surface area contributed by atoms with E-state index in [4.69, 9.17) is 4.74 Å². The minimum atomic E-state index is -0.0836. The van der Waals surface area contributed by atoms with E-state index >= 15 is 0 Å². The third-order valence-corrected chi connectivity index (χ3v) is 4.05. The highest BCUT2D eigenvalue weighted by Gasteiger charge is 2.10. The van der Waals surface area contributed by atoms with Gasteiger partial charge in [-0.1, -0.05) is 42.0 Å². The second-order valence-corrected chi connectivity index (χ2v) is 6.04. The van der Waals surface area contributed by atoms with Gasteiger partial charge in [0.25, 0.3) is 5.56 Å². The molecule has 0 saturated heterocycles. The number of hydrogen-bond acceptors (Lipinski definition) is 5. The maximum absolute atomic E-state index is 12.8. The van der Waals surface area contributed by atoms with Crippen LogP contribution in [0.5, 0.6) is 0 Å². The molecule has 0 aliphatic heterocycles. The number of benzene rings is 2. The molecule has 0 saturated carbocycles. The molecule has 26 heavy (non-hydrogen) atoms. The van der Waals surface area contributed by atoms with Gasteiger partial charge in [0, 0.05) is 20.3 Å². The zero-order valence-corrected chi connectivity index (χ0v) is 15.0. The lowest BCUT2D eigenvalue weighted by atomic mass is 10.2. The Kier molecular flexibility index (Phi) is 5.76. The summed E-state index contributed by atoms with van der Waals surface area (Å²) in [6, 6.07) is 15.3. The van der Waals surface area contributed by atoms with Crippen molar-refractivity contribution in [2.24, 2.45) is 5.10 Å². The number of ether oxygens (including phenoxy) is 1. The Labute approximate surface area is 152 Å². The summed E-state index contributed by atoms with van der Waals surface area (Å²) in [5, 5.41) is 4.85. The number of methoxy groups -OCH3 is 1. The quantitative estimate of drug-likeness (QED) is 0.404. The average Bonchev–Trinajstić information content (AvgIpc) is 2.66. The fraction of sp³-hybridized carbons (Fsp3) is 0.250. The Balaban J connectivity index is 1.90. The molecule has 1 aromatic heterocycles. The van der Waals surface area contributed by atoms with E-state index in [1.54, 1.807) is 24.0 Å². The maximum Gasteiger partial charge on any atom is 0.262 e. The molecule has 6 heteroatoms. The molecule has 0 amide bonds. The van der Waals surface area contributed by atoms with Crippen LogP contribution in [-0.4, -0.2) is 29.5 Å². The van der Waals surface area contributed by atoms with Crippen LogP contribution >= 0.6 is 0 Å². The van der Waals surface area contributed by atoms with E-state index in [-0.39, 0.29) is 5.56 Å². The highest BCUT2D eigenvalue weighted by molar-refractivity contribution is 5.81. The van der Waals surface area contributed by atoms with Gasteiger partial charge >= 0.3 is 0 Å². The number of hydrazone groups is 1. The number of hydrogen-bond donors (Lipinski definition) is 1. The predicted molar refractivity (Wildman–Crippen MR) is 105 cm³/mol. The Hall–Kier alpha value is -2.99. The minimum Gasteiger partial charge on any atom is -0.385 e. The molecule has 0 spiro atoms. The van der Waals surface area contributed by atoms with Crippen LogP contribution in [0.3, 0.4) is 0 Å². The molecule has 6 nitrogen and oxygen atoms in total. The number of nitrogens with zero attached hydrogens (tertiary/aromatic N) is 3. The van der Waals surface area contributed by atoms with Crippen LogP contribution in [0.2, 0.25) is 0 Å². The summed E-state index contributed by atoms with van der Waals surface area (Å²) >= 11 is 0. The number of para-hydroxylation sites is 1. The molecular weight excluding hydrogens is 328 g/mol. The smallest absolute Gasteiger partial charge is 0.262 e. The molecule has 0 aliphatic carbocycles. The third-order valence-electron chi connectivity index (χ3n) is 4.05. The molecular formula is C20H22N4O2. The van der Waals surface area contributed by atoms with Crippen molar-refractivity contribution in [1.29, 1.82) is 0 Å². The van der Waals surface area contributed by atoms with Crippen molar-refractivity contribution in [2.75, 3.05) is 19.1 Å². The normalized spacial score (nSPS) is 11.3. The highest BCUT2D eigenvalue weighted by Crippen LogP contribution is 2.12. The molecule has 1 N–H and O–H groups in total. The highest BCUT2D eigenvalue weighted by atomic mass is 16.5. The molecule has 1 heterocycles. The molecule has 0 bridgehead atoms. The number of fused-ring (bicyclic) bond motifs is 1. The zero-order chi connectivity index (χ0) is 18.4. The maximum atomic E-state index is 12.8. The number of nitrogens with one attached hydrogen (secondary N) is 1. The molecule has 134 valence electrons. The molecule has 0 aliphatic rings. The molecule has 0 atom stereocenters. The summed E-state index contributed by atoms with van der Waals surface area (Å²) < 4.78 is 6.70. The van der Waals surface area contributed by atoms with Crippen LogP contribution in [0.1, 0.15) is 17.5 Å². The first-order valence-corrected chi connectivity index (χ1v) is 8.53. The first kappa shape index (κ1) is 17.8. The van der Waals surface area contributed by atoms with Crippen LogP contribution < -0.4 is 11.0 Å². The molecule has 3 rings (SSSR count). The van der Waals surface area contributed by atoms with Gasteiger partial charge in [-0.2, -0.15) is 5.10 Å². The fourth-order valence-corrected chi connectivity index (χ4v) is 2.64. The van der Waals surface area contributed by atoms with E-state index < -0.39 is 0 Å². The van der Waals surface area contributed by atoms with E-state index in [0.29, 0.717) is 36.4 Å². The lowest BCUT2D eigenvalue weighted by molar-refractivity contribution is 0.190. The average molecular weight is 350 g/mol. The van der Waals surface area contributed by atoms with Gasteiger partial charge in [-0.05, 0) is 31.0 Å². The van der Waals surface area contributed by atoms with Gasteiger partial charge in [0.05, 0.1) is 17.1 Å². The van der Waals surface area contributed by atoms with Crippen molar-refractivity contribution in [3.63, 3.8) is 0 Å². The second kappa shape index (κ2) is 8.40. The van der Waals surface area contributed by atoms with Crippen molar-refractivity contribution < 1.29 is 4.74 Å². The van der Waals surface area contributed by atoms with Gasteiger partial charge < -0.3 is 4.74 Å². The van der Waals surface area contributed by atoms with Gasteiger partial charge in [0.15, 0.2) is 0 Å². The van der Waals surface area contributed by atoms with Crippen molar-refractivity contribution in [2.45, 2.75) is 19.9 Å². The van der Waals surface area contributed by atoms with Crippen molar-refractivity contribution in [1.82, 2.24) is 9.55 Å². The summed E-state index contributed by atoms with van der Waals surface area (Å²) in [6.45, 7) is 3.12. The second-order valence-electron chi connectivity index (χ2n) is 6.04.